The third-order valence-corrected chi connectivity index (χ3v) is 9.65. The number of halogens is 1. The number of amides is 1. The number of phenols is 1. The number of benzene rings is 1. The van der Waals surface area contributed by atoms with Gasteiger partial charge >= 0.3 is 0 Å². The molecule has 2 aromatic rings. The van der Waals surface area contributed by atoms with E-state index in [4.69, 9.17) is 9.15 Å². The molecule has 7 rings (SSSR count). The van der Waals surface area contributed by atoms with Crippen LogP contribution in [0.3, 0.4) is 0 Å². The molecule has 5 aliphatic rings. The number of piperidine rings is 1. The minimum atomic E-state index is -0.940. The fraction of sp³-hybridized carbons (Fsp3) is 0.536. The number of aryl methyl sites for hydroxylation is 1. The van der Waals surface area contributed by atoms with Crippen LogP contribution in [0.25, 0.3) is 6.08 Å². The van der Waals surface area contributed by atoms with E-state index in [1.54, 1.807) is 35.6 Å². The molecule has 3 heterocycles. The molecule has 1 spiro atoms. The molecule has 3 aliphatic carbocycles. The van der Waals surface area contributed by atoms with Gasteiger partial charge in [-0.15, -0.1) is 12.4 Å². The molecule has 36 heavy (non-hydrogen) atoms. The Hall–Kier alpha value is -2.48. The number of aliphatic hydroxyl groups is 1. The third kappa shape index (κ3) is 2.96. The SMILES string of the molecule is Cc1cc(O)c2c3c1C[C@H]1N(C4CC4)CC[C@@]34[C@@H](O2)[C@H](N(C)C(=O)/C=C/c2ccoc2)CC[C@@]14O.Cl. The highest BCUT2D eigenvalue weighted by molar-refractivity contribution is 5.92. The van der Waals surface area contributed by atoms with E-state index < -0.39 is 17.1 Å². The molecule has 1 saturated heterocycles. The minimum Gasteiger partial charge on any atom is -0.504 e. The van der Waals surface area contributed by atoms with Crippen molar-refractivity contribution in [2.75, 3.05) is 13.6 Å². The highest BCUT2D eigenvalue weighted by Gasteiger charge is 2.74. The largest absolute Gasteiger partial charge is 0.504 e. The van der Waals surface area contributed by atoms with Crippen molar-refractivity contribution in [3.63, 3.8) is 0 Å². The Bertz CT molecular complexity index is 1240. The topological polar surface area (TPSA) is 86.4 Å². The number of phenolic OH excluding ortho intramolecular Hbond substituents is 1. The number of likely N-dealkylation sites (tertiary alicyclic amines) is 1. The van der Waals surface area contributed by atoms with E-state index in [1.807, 2.05) is 13.1 Å². The molecule has 8 heteroatoms. The minimum absolute atomic E-state index is 0. The van der Waals surface area contributed by atoms with E-state index in [0.29, 0.717) is 24.6 Å². The predicted molar refractivity (Wildman–Crippen MR) is 137 cm³/mol. The van der Waals surface area contributed by atoms with Gasteiger partial charge in [-0.25, -0.2) is 0 Å². The van der Waals surface area contributed by atoms with Gasteiger partial charge in [0.15, 0.2) is 11.5 Å². The number of carbonyl (C=O) groups excluding carboxylic acids is 1. The average Bonchev–Trinajstić information content (AvgIpc) is 3.40. The number of furan rings is 1. The number of likely N-dealkylation sites (N-methyl/N-ethyl adjacent to an activating group) is 1. The Morgan fingerprint density at radius 2 is 2.08 bits per heavy atom. The average molecular weight is 513 g/mol. The fourth-order valence-electron chi connectivity index (χ4n) is 7.88. The summed E-state index contributed by atoms with van der Waals surface area (Å²) in [5.41, 5.74) is 2.55. The first-order valence-electron chi connectivity index (χ1n) is 12.8. The maximum atomic E-state index is 13.2. The summed E-state index contributed by atoms with van der Waals surface area (Å²) in [6, 6.07) is 4.02. The maximum absolute atomic E-state index is 13.2. The molecule has 2 N–H and O–H groups in total. The van der Waals surface area contributed by atoms with Crippen molar-refractivity contribution in [3.05, 3.63) is 53.0 Å². The lowest BCUT2D eigenvalue weighted by Crippen LogP contribution is -2.78. The van der Waals surface area contributed by atoms with Crippen LogP contribution >= 0.6 is 12.4 Å². The van der Waals surface area contributed by atoms with Gasteiger partial charge in [-0.3, -0.25) is 9.69 Å². The van der Waals surface area contributed by atoms with Gasteiger partial charge in [-0.05, 0) is 81.3 Å². The number of aromatic hydroxyl groups is 1. The summed E-state index contributed by atoms with van der Waals surface area (Å²) < 4.78 is 11.7. The van der Waals surface area contributed by atoms with Crippen molar-refractivity contribution in [2.45, 2.75) is 80.7 Å². The van der Waals surface area contributed by atoms with Gasteiger partial charge in [0.25, 0.3) is 0 Å². The van der Waals surface area contributed by atoms with Crippen LogP contribution in [0.5, 0.6) is 11.5 Å². The van der Waals surface area contributed by atoms with Crippen LogP contribution in [-0.2, 0) is 16.6 Å². The van der Waals surface area contributed by atoms with Gasteiger partial charge in [0.1, 0.15) is 6.10 Å². The van der Waals surface area contributed by atoms with Crippen molar-refractivity contribution >= 4 is 24.4 Å². The lowest BCUT2D eigenvalue weighted by molar-refractivity contribution is -0.201. The Balaban J connectivity index is 0.00000240. The monoisotopic (exact) mass is 512 g/mol. The lowest BCUT2D eigenvalue weighted by Gasteiger charge is -2.65. The Labute approximate surface area is 217 Å². The summed E-state index contributed by atoms with van der Waals surface area (Å²) in [7, 11) is 1.83. The summed E-state index contributed by atoms with van der Waals surface area (Å²) in [5, 5.41) is 23.5. The molecule has 2 bridgehead atoms. The molecule has 2 aliphatic heterocycles. The Morgan fingerprint density at radius 1 is 1.28 bits per heavy atom. The van der Waals surface area contributed by atoms with Crippen molar-refractivity contribution in [2.24, 2.45) is 0 Å². The zero-order chi connectivity index (χ0) is 24.1. The number of carbonyl (C=O) groups is 1. The van der Waals surface area contributed by atoms with Crippen molar-refractivity contribution in [3.8, 4) is 11.5 Å². The number of hydrogen-bond acceptors (Lipinski definition) is 6. The first-order valence-corrected chi connectivity index (χ1v) is 12.8. The van der Waals surface area contributed by atoms with Crippen molar-refractivity contribution in [1.82, 2.24) is 9.80 Å². The fourth-order valence-corrected chi connectivity index (χ4v) is 7.88. The molecular formula is C28H33ClN2O5. The second-order valence-corrected chi connectivity index (χ2v) is 11.2. The summed E-state index contributed by atoms with van der Waals surface area (Å²) in [4.78, 5) is 17.5. The van der Waals surface area contributed by atoms with Crippen LogP contribution in [-0.4, -0.2) is 69.3 Å². The standard InChI is InChI=1S/C28H32N2O5.ClH/c1-16-13-21(31)25-24-19(16)14-22-28(33)9-7-20(29(2)23(32)6-3-17-8-12-34-15-17)26(35-25)27(24,28)10-11-30(22)18-4-5-18;/h3,6,8,12-13,15,18,20,22,26,31,33H,4-5,7,9-11,14H2,1-2H3;1H/b6-3+;/t20-,22-,26+,27+,28-;/m1./s1. The number of hydrogen-bond donors (Lipinski definition) is 2. The van der Waals surface area contributed by atoms with Gasteiger partial charge in [-0.1, -0.05) is 0 Å². The second-order valence-electron chi connectivity index (χ2n) is 11.2. The molecule has 192 valence electrons. The van der Waals surface area contributed by atoms with E-state index in [0.717, 1.165) is 36.1 Å². The third-order valence-electron chi connectivity index (χ3n) is 9.65. The summed E-state index contributed by atoms with van der Waals surface area (Å²) in [6.07, 6.45) is 11.3. The Morgan fingerprint density at radius 3 is 2.81 bits per heavy atom. The molecule has 1 aromatic heterocycles. The molecule has 7 nitrogen and oxygen atoms in total. The van der Waals surface area contributed by atoms with Crippen LogP contribution in [0.15, 0.2) is 35.2 Å². The maximum Gasteiger partial charge on any atom is 0.246 e. The molecule has 1 amide bonds. The normalized spacial score (nSPS) is 34.1. The van der Waals surface area contributed by atoms with Crippen LogP contribution in [0, 0.1) is 6.92 Å². The number of ether oxygens (including phenoxy) is 1. The molecule has 0 unspecified atom stereocenters. The van der Waals surface area contributed by atoms with E-state index in [1.165, 1.54) is 18.4 Å². The number of nitrogens with zero attached hydrogens (tertiary/aromatic N) is 2. The summed E-state index contributed by atoms with van der Waals surface area (Å²) in [5.74, 6) is 0.554. The van der Waals surface area contributed by atoms with E-state index in [2.05, 4.69) is 11.8 Å². The zero-order valence-electron chi connectivity index (χ0n) is 20.6. The molecular weight excluding hydrogens is 480 g/mol. The molecule has 3 fully saturated rings. The van der Waals surface area contributed by atoms with Gasteiger partial charge in [0.2, 0.25) is 5.91 Å². The lowest BCUT2D eigenvalue weighted by atomic mass is 9.48. The van der Waals surface area contributed by atoms with Crippen molar-refractivity contribution < 1.29 is 24.2 Å². The molecule has 0 radical (unpaired) electrons. The van der Waals surface area contributed by atoms with Gasteiger partial charge in [0, 0.05) is 36.3 Å². The highest BCUT2D eigenvalue weighted by Crippen LogP contribution is 2.66. The van der Waals surface area contributed by atoms with Crippen LogP contribution in [0.4, 0.5) is 0 Å². The van der Waals surface area contributed by atoms with E-state index in [-0.39, 0.29) is 36.1 Å². The first kappa shape index (κ1) is 23.9. The molecule has 1 aromatic carbocycles. The first-order chi connectivity index (χ1) is 16.8. The predicted octanol–water partition coefficient (Wildman–Crippen LogP) is 3.57. The number of rotatable bonds is 4. The quantitative estimate of drug-likeness (QED) is 0.609. The van der Waals surface area contributed by atoms with E-state index in [9.17, 15) is 15.0 Å². The Kier molecular flexibility index (Phi) is 5.31. The van der Waals surface area contributed by atoms with Gasteiger partial charge < -0.3 is 24.3 Å². The molecule has 2 saturated carbocycles. The van der Waals surface area contributed by atoms with Crippen LogP contribution in [0.1, 0.15) is 54.4 Å². The van der Waals surface area contributed by atoms with E-state index >= 15 is 0 Å². The molecule has 5 atom stereocenters. The smallest absolute Gasteiger partial charge is 0.246 e. The second kappa shape index (κ2) is 8.01. The zero-order valence-corrected chi connectivity index (χ0v) is 21.5. The van der Waals surface area contributed by atoms with Crippen LogP contribution < -0.4 is 4.74 Å². The summed E-state index contributed by atoms with van der Waals surface area (Å²) >= 11 is 0. The van der Waals surface area contributed by atoms with Gasteiger partial charge in [-0.2, -0.15) is 0 Å². The van der Waals surface area contributed by atoms with Crippen LogP contribution in [0.2, 0.25) is 0 Å². The van der Waals surface area contributed by atoms with Crippen molar-refractivity contribution in [1.29, 1.82) is 0 Å². The van der Waals surface area contributed by atoms with Gasteiger partial charge in [0.05, 0.1) is 29.6 Å². The highest BCUT2D eigenvalue weighted by atomic mass is 35.5. The summed E-state index contributed by atoms with van der Waals surface area (Å²) in [6.45, 7) is 2.97.